The number of hydrogen-bond donors (Lipinski definition) is 1. The van der Waals surface area contributed by atoms with E-state index in [1.54, 1.807) is 19.1 Å². The normalized spacial score (nSPS) is 20.6. The van der Waals surface area contributed by atoms with Gasteiger partial charge in [-0.1, -0.05) is 38.0 Å². The van der Waals surface area contributed by atoms with Crippen molar-refractivity contribution in [2.24, 2.45) is 0 Å². The molecule has 0 spiro atoms. The number of rotatable bonds is 7. The molecule has 1 aliphatic carbocycles. The van der Waals surface area contributed by atoms with Crippen LogP contribution in [0.5, 0.6) is 5.75 Å². The number of aryl methyl sites for hydroxylation is 1. The van der Waals surface area contributed by atoms with Gasteiger partial charge in [0.15, 0.2) is 0 Å². The molecule has 6 heteroatoms. The van der Waals surface area contributed by atoms with E-state index in [1.165, 1.54) is 31.4 Å². The summed E-state index contributed by atoms with van der Waals surface area (Å²) in [6.07, 6.45) is 9.64. The van der Waals surface area contributed by atoms with E-state index in [9.17, 15) is 19.5 Å². The molecule has 1 heterocycles. The van der Waals surface area contributed by atoms with Crippen molar-refractivity contribution in [1.82, 2.24) is 0 Å². The van der Waals surface area contributed by atoms with E-state index in [4.69, 9.17) is 9.47 Å². The lowest BCUT2D eigenvalue weighted by atomic mass is 9.80. The van der Waals surface area contributed by atoms with Gasteiger partial charge in [-0.05, 0) is 63.0 Å². The molecule has 3 rings (SSSR count). The molecule has 1 aromatic carbocycles. The van der Waals surface area contributed by atoms with Crippen molar-refractivity contribution in [3.63, 3.8) is 0 Å². The molecule has 0 bridgehead atoms. The summed E-state index contributed by atoms with van der Waals surface area (Å²) in [5.74, 6) is -1.60. The fraction of sp³-hybridized carbons (Fsp3) is 0.346. The number of carbonyl (C=O) groups is 3. The van der Waals surface area contributed by atoms with Gasteiger partial charge in [-0.2, -0.15) is 0 Å². The number of ketones is 2. The number of Topliss-reactive ketones (excluding diaryl/α,β-unsaturated/α-hetero) is 1. The first-order chi connectivity index (χ1) is 15.2. The number of phenols is 1. The van der Waals surface area contributed by atoms with Crippen LogP contribution in [0.25, 0.3) is 5.76 Å². The van der Waals surface area contributed by atoms with E-state index in [0.29, 0.717) is 22.5 Å². The highest BCUT2D eigenvalue weighted by Gasteiger charge is 2.49. The van der Waals surface area contributed by atoms with E-state index < -0.39 is 23.1 Å². The number of allylic oxidation sites excluding steroid dienone is 3. The van der Waals surface area contributed by atoms with Gasteiger partial charge in [0.2, 0.25) is 17.2 Å². The van der Waals surface area contributed by atoms with Crippen LogP contribution in [0.15, 0.2) is 59.4 Å². The largest absolute Gasteiger partial charge is 0.507 e. The minimum absolute atomic E-state index is 0.0297. The van der Waals surface area contributed by atoms with Gasteiger partial charge in [0.05, 0.1) is 11.1 Å². The number of carbonyl (C=O) groups excluding carboxylic acids is 3. The number of fused-ring (bicyclic) bond motifs is 1. The maximum Gasteiger partial charge on any atom is 0.334 e. The average Bonchev–Trinajstić information content (AvgIpc) is 2.75. The van der Waals surface area contributed by atoms with Crippen LogP contribution in [0.4, 0.5) is 0 Å². The number of phenolic OH excluding ortho intramolecular Hbond substituents is 1. The second kappa shape index (κ2) is 9.39. The Morgan fingerprint density at radius 2 is 1.97 bits per heavy atom. The number of benzene rings is 1. The van der Waals surface area contributed by atoms with Crippen molar-refractivity contribution < 1.29 is 29.0 Å². The molecular formula is C26H28O6. The van der Waals surface area contributed by atoms with Crippen molar-refractivity contribution in [1.29, 1.82) is 0 Å². The standard InChI is InChI=1S/C26H28O6/c1-5-6-7-8-10-17(3)25(30)32-26(4)22(28)14-18-13-21(31-15-19(18)24(26)29)23-16(2)11-9-12-20(23)27/h9-15,27H,5-8H2,1-4H3. The summed E-state index contributed by atoms with van der Waals surface area (Å²) in [5.41, 5.74) is 0.161. The van der Waals surface area contributed by atoms with Crippen molar-refractivity contribution >= 4 is 23.3 Å². The molecule has 0 saturated carbocycles. The molecule has 1 unspecified atom stereocenters. The maximum atomic E-state index is 13.1. The molecule has 0 aromatic heterocycles. The van der Waals surface area contributed by atoms with Gasteiger partial charge in [-0.3, -0.25) is 9.59 Å². The third kappa shape index (κ3) is 4.44. The van der Waals surface area contributed by atoms with Crippen LogP contribution in [0.3, 0.4) is 0 Å². The van der Waals surface area contributed by atoms with Crippen LogP contribution in [0.1, 0.15) is 57.6 Å². The summed E-state index contributed by atoms with van der Waals surface area (Å²) < 4.78 is 11.0. The Bertz CT molecular complexity index is 1070. The van der Waals surface area contributed by atoms with Gasteiger partial charge in [0.25, 0.3) is 0 Å². The smallest absolute Gasteiger partial charge is 0.334 e. The minimum Gasteiger partial charge on any atom is -0.507 e. The number of ether oxygens (including phenoxy) is 2. The zero-order valence-electron chi connectivity index (χ0n) is 18.9. The van der Waals surface area contributed by atoms with E-state index in [1.807, 2.05) is 13.0 Å². The third-order valence-corrected chi connectivity index (χ3v) is 5.71. The summed E-state index contributed by atoms with van der Waals surface area (Å²) in [6, 6.07) is 5.07. The first-order valence-corrected chi connectivity index (χ1v) is 10.8. The molecule has 1 aromatic rings. The Labute approximate surface area is 187 Å². The Kier molecular flexibility index (Phi) is 6.82. The molecule has 0 saturated heterocycles. The second-order valence-electron chi connectivity index (χ2n) is 8.23. The van der Waals surface area contributed by atoms with Crippen molar-refractivity contribution in [2.75, 3.05) is 0 Å². The van der Waals surface area contributed by atoms with Gasteiger partial charge in [0, 0.05) is 5.57 Å². The average molecular weight is 437 g/mol. The molecule has 32 heavy (non-hydrogen) atoms. The molecule has 6 nitrogen and oxygen atoms in total. The van der Waals surface area contributed by atoms with Crippen LogP contribution >= 0.6 is 0 Å². The van der Waals surface area contributed by atoms with E-state index in [0.717, 1.165) is 31.2 Å². The van der Waals surface area contributed by atoms with Gasteiger partial charge in [-0.25, -0.2) is 4.79 Å². The summed E-state index contributed by atoms with van der Waals surface area (Å²) in [6.45, 7) is 6.84. The topological polar surface area (TPSA) is 89.9 Å². The first kappa shape index (κ1) is 23.3. The predicted molar refractivity (Wildman–Crippen MR) is 120 cm³/mol. The Morgan fingerprint density at radius 1 is 1.22 bits per heavy atom. The van der Waals surface area contributed by atoms with E-state index >= 15 is 0 Å². The molecule has 2 aliphatic rings. The number of unbranched alkanes of at least 4 members (excludes halogenated alkanes) is 3. The van der Waals surface area contributed by atoms with Gasteiger partial charge >= 0.3 is 5.97 Å². The maximum absolute atomic E-state index is 13.1. The molecular weight excluding hydrogens is 408 g/mol. The molecule has 1 N–H and O–H groups in total. The Morgan fingerprint density at radius 3 is 2.66 bits per heavy atom. The highest BCUT2D eigenvalue weighted by Crippen LogP contribution is 2.38. The molecule has 0 amide bonds. The lowest BCUT2D eigenvalue weighted by molar-refractivity contribution is -0.165. The van der Waals surface area contributed by atoms with Crippen LogP contribution in [-0.4, -0.2) is 28.2 Å². The van der Waals surface area contributed by atoms with Crippen molar-refractivity contribution in [2.45, 2.75) is 59.0 Å². The summed E-state index contributed by atoms with van der Waals surface area (Å²) in [4.78, 5) is 38.6. The SMILES string of the molecule is CCCCCC=C(C)C(=O)OC1(C)C(=O)C=C2C=C(c3c(C)cccc3O)OC=C2C1=O. The van der Waals surface area contributed by atoms with Gasteiger partial charge in [0.1, 0.15) is 17.8 Å². The number of hydrogen-bond acceptors (Lipinski definition) is 6. The molecule has 0 fully saturated rings. The number of aromatic hydroxyl groups is 1. The van der Waals surface area contributed by atoms with Gasteiger partial charge < -0.3 is 14.6 Å². The van der Waals surface area contributed by atoms with Crippen LogP contribution < -0.4 is 0 Å². The molecule has 0 radical (unpaired) electrons. The zero-order chi connectivity index (χ0) is 23.5. The summed E-state index contributed by atoms with van der Waals surface area (Å²) >= 11 is 0. The summed E-state index contributed by atoms with van der Waals surface area (Å²) in [5, 5.41) is 10.2. The van der Waals surface area contributed by atoms with Crippen molar-refractivity contribution in [3.05, 3.63) is 70.5 Å². The molecule has 1 atom stereocenters. The fourth-order valence-electron chi connectivity index (χ4n) is 3.66. The lowest BCUT2D eigenvalue weighted by Crippen LogP contribution is -2.50. The van der Waals surface area contributed by atoms with Crippen LogP contribution in [-0.2, 0) is 23.9 Å². The molecule has 1 aliphatic heterocycles. The zero-order valence-corrected chi connectivity index (χ0v) is 18.9. The predicted octanol–water partition coefficient (Wildman–Crippen LogP) is 4.86. The van der Waals surface area contributed by atoms with Crippen LogP contribution in [0.2, 0.25) is 0 Å². The van der Waals surface area contributed by atoms with E-state index in [-0.39, 0.29) is 11.3 Å². The monoisotopic (exact) mass is 436 g/mol. The van der Waals surface area contributed by atoms with E-state index in [2.05, 4.69) is 6.92 Å². The summed E-state index contributed by atoms with van der Waals surface area (Å²) in [7, 11) is 0. The second-order valence-corrected chi connectivity index (χ2v) is 8.23. The minimum atomic E-state index is -1.95. The molecule has 168 valence electrons. The fourth-order valence-corrected chi connectivity index (χ4v) is 3.66. The van der Waals surface area contributed by atoms with Crippen molar-refractivity contribution in [3.8, 4) is 5.75 Å². The highest BCUT2D eigenvalue weighted by molar-refractivity contribution is 6.27. The Balaban J connectivity index is 1.85. The van der Waals surface area contributed by atoms with Gasteiger partial charge in [-0.15, -0.1) is 0 Å². The first-order valence-electron chi connectivity index (χ1n) is 10.8. The highest BCUT2D eigenvalue weighted by atomic mass is 16.6. The third-order valence-electron chi connectivity index (χ3n) is 5.71. The lowest BCUT2D eigenvalue weighted by Gasteiger charge is -2.31. The quantitative estimate of drug-likeness (QED) is 0.284. The Hall–Kier alpha value is -3.41. The van der Waals surface area contributed by atoms with Crippen LogP contribution in [0, 0.1) is 6.92 Å². The number of esters is 1.